The van der Waals surface area contributed by atoms with Gasteiger partial charge in [-0.2, -0.15) is 0 Å². The average Bonchev–Trinajstić information content (AvgIpc) is 2.71. The molecule has 3 aliphatic rings. The fourth-order valence-corrected chi connectivity index (χ4v) is 5.06. The van der Waals surface area contributed by atoms with Gasteiger partial charge in [-0.15, -0.1) is 6.42 Å². The molecule has 6 atom stereocenters. The van der Waals surface area contributed by atoms with Crippen molar-refractivity contribution in [3.8, 4) is 12.3 Å². The van der Waals surface area contributed by atoms with Gasteiger partial charge in [0.15, 0.2) is 5.79 Å². The van der Waals surface area contributed by atoms with E-state index >= 15 is 0 Å². The summed E-state index contributed by atoms with van der Waals surface area (Å²) in [5.41, 5.74) is -1.29. The molecular formula is C17H26O3. The summed E-state index contributed by atoms with van der Waals surface area (Å²) in [5, 5.41) is 21.7. The van der Waals surface area contributed by atoms with Gasteiger partial charge in [-0.1, -0.05) is 19.8 Å². The van der Waals surface area contributed by atoms with Gasteiger partial charge in [0.2, 0.25) is 0 Å². The van der Waals surface area contributed by atoms with E-state index in [1.807, 2.05) is 0 Å². The van der Waals surface area contributed by atoms with Gasteiger partial charge < -0.3 is 14.9 Å². The van der Waals surface area contributed by atoms with Crippen molar-refractivity contribution >= 4 is 0 Å². The molecule has 2 saturated carbocycles. The maximum atomic E-state index is 10.9. The molecule has 2 aliphatic carbocycles. The fraction of sp³-hybridized carbons (Fsp3) is 0.882. The number of aliphatic hydroxyl groups is 2. The molecule has 3 nitrogen and oxygen atoms in total. The second-order valence-electron chi connectivity index (χ2n) is 7.24. The van der Waals surface area contributed by atoms with E-state index in [1.165, 1.54) is 0 Å². The number of rotatable bonds is 1. The molecule has 112 valence electrons. The first-order valence-electron chi connectivity index (χ1n) is 7.99. The highest BCUT2D eigenvalue weighted by Crippen LogP contribution is 2.63. The van der Waals surface area contributed by atoms with Crippen molar-refractivity contribution in [3.05, 3.63) is 0 Å². The van der Waals surface area contributed by atoms with E-state index in [0.29, 0.717) is 12.8 Å². The van der Waals surface area contributed by atoms with E-state index in [9.17, 15) is 10.2 Å². The molecule has 1 saturated heterocycles. The Kier molecular flexibility index (Phi) is 3.21. The number of hydrogen-bond acceptors (Lipinski definition) is 3. The minimum atomic E-state index is -1.01. The first-order chi connectivity index (χ1) is 9.38. The van der Waals surface area contributed by atoms with E-state index in [2.05, 4.69) is 19.8 Å². The molecule has 1 aliphatic heterocycles. The van der Waals surface area contributed by atoms with Crippen LogP contribution >= 0.6 is 0 Å². The number of hydrogen-bond donors (Lipinski definition) is 2. The predicted octanol–water partition coefficient (Wildman–Crippen LogP) is 2.45. The van der Waals surface area contributed by atoms with Crippen molar-refractivity contribution < 1.29 is 14.9 Å². The quantitative estimate of drug-likeness (QED) is 0.724. The van der Waals surface area contributed by atoms with Crippen LogP contribution in [0.2, 0.25) is 0 Å². The van der Waals surface area contributed by atoms with Crippen LogP contribution in [0, 0.1) is 29.6 Å². The topological polar surface area (TPSA) is 49.7 Å². The van der Waals surface area contributed by atoms with Crippen LogP contribution in [0.1, 0.15) is 58.8 Å². The molecule has 0 aromatic carbocycles. The molecule has 0 spiro atoms. The average molecular weight is 278 g/mol. The predicted molar refractivity (Wildman–Crippen MR) is 76.7 cm³/mol. The van der Waals surface area contributed by atoms with Crippen molar-refractivity contribution in [2.75, 3.05) is 0 Å². The molecular weight excluding hydrogens is 252 g/mol. The molecule has 1 heterocycles. The summed E-state index contributed by atoms with van der Waals surface area (Å²) < 4.78 is 6.00. The molecule has 20 heavy (non-hydrogen) atoms. The second-order valence-corrected chi connectivity index (χ2v) is 7.24. The molecule has 0 amide bonds. The fourth-order valence-electron chi connectivity index (χ4n) is 5.06. The second kappa shape index (κ2) is 4.47. The summed E-state index contributed by atoms with van der Waals surface area (Å²) in [4.78, 5) is 0. The first kappa shape index (κ1) is 14.4. The van der Waals surface area contributed by atoms with Crippen LogP contribution < -0.4 is 0 Å². The summed E-state index contributed by atoms with van der Waals surface area (Å²) in [6.45, 7) is 4.21. The highest BCUT2D eigenvalue weighted by Gasteiger charge is 2.65. The molecule has 3 rings (SSSR count). The first-order valence-corrected chi connectivity index (χ1v) is 7.99. The minimum absolute atomic E-state index is 0.117. The minimum Gasteiger partial charge on any atom is -0.377 e. The molecule has 3 heteroatoms. The summed E-state index contributed by atoms with van der Waals surface area (Å²) in [7, 11) is 0. The van der Waals surface area contributed by atoms with Crippen molar-refractivity contribution in [2.45, 2.75) is 76.3 Å². The van der Waals surface area contributed by atoms with Crippen LogP contribution in [-0.2, 0) is 4.74 Å². The smallest absolute Gasteiger partial charge is 0.168 e. The standard InChI is InChI=1S/C17H26O3/c1-4-12-6-7-14-13-8-9-16(18,5-2)15(13,3)10-11-17(14,19)20-12/h2,12-14,18-19H,4,6-11H2,1,3H3/t12?,13-,14?,15+,16+,17?/m0/s1. The van der Waals surface area contributed by atoms with E-state index in [4.69, 9.17) is 11.2 Å². The van der Waals surface area contributed by atoms with E-state index in [1.54, 1.807) is 0 Å². The van der Waals surface area contributed by atoms with Gasteiger partial charge in [0.25, 0.3) is 0 Å². The number of fused-ring (bicyclic) bond motifs is 3. The maximum Gasteiger partial charge on any atom is 0.168 e. The van der Waals surface area contributed by atoms with Gasteiger partial charge >= 0.3 is 0 Å². The third-order valence-electron chi connectivity index (χ3n) is 6.51. The van der Waals surface area contributed by atoms with Gasteiger partial charge in [-0.25, -0.2) is 0 Å². The number of terminal acetylenes is 1. The van der Waals surface area contributed by atoms with Gasteiger partial charge in [0.05, 0.1) is 6.10 Å². The number of ether oxygens (including phenoxy) is 1. The Morgan fingerprint density at radius 2 is 1.90 bits per heavy atom. The van der Waals surface area contributed by atoms with Crippen LogP contribution in [0.5, 0.6) is 0 Å². The van der Waals surface area contributed by atoms with Crippen molar-refractivity contribution in [2.24, 2.45) is 17.3 Å². The molecule has 0 radical (unpaired) electrons. The van der Waals surface area contributed by atoms with Crippen molar-refractivity contribution in [1.29, 1.82) is 0 Å². The lowest BCUT2D eigenvalue weighted by Crippen LogP contribution is -2.59. The Labute approximate surface area is 121 Å². The third kappa shape index (κ3) is 1.71. The normalized spacial score (nSPS) is 54.9. The third-order valence-corrected chi connectivity index (χ3v) is 6.51. The van der Waals surface area contributed by atoms with Crippen molar-refractivity contribution in [3.63, 3.8) is 0 Å². The van der Waals surface area contributed by atoms with Gasteiger partial charge in [-0.3, -0.25) is 0 Å². The SMILES string of the molecule is C#C[C@@]1(O)CC[C@H]2C3CCC(CC)OC3(O)CC[C@]21C. The van der Waals surface area contributed by atoms with Crippen LogP contribution in [0.3, 0.4) is 0 Å². The summed E-state index contributed by atoms with van der Waals surface area (Å²) in [5.74, 6) is 2.03. The Morgan fingerprint density at radius 1 is 1.15 bits per heavy atom. The lowest BCUT2D eigenvalue weighted by atomic mass is 9.56. The van der Waals surface area contributed by atoms with Crippen LogP contribution in [0.15, 0.2) is 0 Å². The van der Waals surface area contributed by atoms with Crippen LogP contribution in [0.25, 0.3) is 0 Å². The maximum absolute atomic E-state index is 10.9. The Balaban J connectivity index is 1.90. The summed E-state index contributed by atoms with van der Waals surface area (Å²) in [6.07, 6.45) is 11.6. The van der Waals surface area contributed by atoms with Gasteiger partial charge in [-0.05, 0) is 44.4 Å². The summed E-state index contributed by atoms with van der Waals surface area (Å²) in [6, 6.07) is 0. The largest absolute Gasteiger partial charge is 0.377 e. The van der Waals surface area contributed by atoms with Crippen molar-refractivity contribution in [1.82, 2.24) is 0 Å². The van der Waals surface area contributed by atoms with Crippen LogP contribution in [0.4, 0.5) is 0 Å². The molecule has 0 bridgehead atoms. The summed E-state index contributed by atoms with van der Waals surface area (Å²) >= 11 is 0. The van der Waals surface area contributed by atoms with E-state index < -0.39 is 11.4 Å². The monoisotopic (exact) mass is 278 g/mol. The molecule has 2 N–H and O–H groups in total. The Hall–Kier alpha value is -0.560. The lowest BCUT2D eigenvalue weighted by Gasteiger charge is -2.56. The Morgan fingerprint density at radius 3 is 2.55 bits per heavy atom. The molecule has 0 aromatic rings. The van der Waals surface area contributed by atoms with E-state index in [-0.39, 0.29) is 23.4 Å². The molecule has 0 aromatic heterocycles. The molecule has 3 unspecified atom stereocenters. The highest BCUT2D eigenvalue weighted by molar-refractivity contribution is 5.23. The highest BCUT2D eigenvalue weighted by atomic mass is 16.6. The van der Waals surface area contributed by atoms with Gasteiger partial charge in [0, 0.05) is 17.8 Å². The van der Waals surface area contributed by atoms with Gasteiger partial charge in [0.1, 0.15) is 5.60 Å². The Bertz CT molecular complexity index is 442. The molecule has 3 fully saturated rings. The zero-order valence-corrected chi connectivity index (χ0v) is 12.6. The van der Waals surface area contributed by atoms with Crippen LogP contribution in [-0.4, -0.2) is 27.7 Å². The lowest BCUT2D eigenvalue weighted by molar-refractivity contribution is -0.321. The van der Waals surface area contributed by atoms with E-state index in [0.717, 1.165) is 32.1 Å². The zero-order valence-electron chi connectivity index (χ0n) is 12.6. The zero-order chi connectivity index (χ0) is 14.6.